The number of halogens is 1. The van der Waals surface area contributed by atoms with Crippen molar-refractivity contribution in [1.29, 1.82) is 0 Å². The lowest BCUT2D eigenvalue weighted by Gasteiger charge is -2.35. The van der Waals surface area contributed by atoms with Crippen LogP contribution in [0.2, 0.25) is 0 Å². The van der Waals surface area contributed by atoms with E-state index in [1.807, 2.05) is 10.4 Å². The van der Waals surface area contributed by atoms with Crippen molar-refractivity contribution >= 4 is 15.7 Å². The number of piperazine rings is 1. The molecule has 150 valence electrons. The summed E-state index contributed by atoms with van der Waals surface area (Å²) >= 11 is 0. The zero-order valence-corrected chi connectivity index (χ0v) is 16.5. The number of hydrogen-bond donors (Lipinski definition) is 2. The summed E-state index contributed by atoms with van der Waals surface area (Å²) in [6.45, 7) is 3.87. The van der Waals surface area contributed by atoms with Gasteiger partial charge in [0.2, 0.25) is 10.0 Å². The van der Waals surface area contributed by atoms with Gasteiger partial charge < -0.3 is 10.1 Å². The van der Waals surface area contributed by atoms with Crippen LogP contribution in [0.1, 0.15) is 32.6 Å². The molecule has 1 atom stereocenters. The molecule has 2 N–H and O–H groups in total. The molecule has 0 aliphatic carbocycles. The van der Waals surface area contributed by atoms with Crippen molar-refractivity contribution in [2.75, 3.05) is 36.8 Å². The van der Waals surface area contributed by atoms with Gasteiger partial charge in [0, 0.05) is 38.3 Å². The highest BCUT2D eigenvalue weighted by molar-refractivity contribution is 7.89. The summed E-state index contributed by atoms with van der Waals surface area (Å²) in [6.07, 6.45) is 3.85. The van der Waals surface area contributed by atoms with Gasteiger partial charge in [-0.1, -0.05) is 25.7 Å². The van der Waals surface area contributed by atoms with Crippen LogP contribution < -0.4 is 10.4 Å². The van der Waals surface area contributed by atoms with Crippen molar-refractivity contribution in [1.82, 2.24) is 9.79 Å². The smallest absolute Gasteiger partial charge is 0.216 e. The van der Waals surface area contributed by atoms with Gasteiger partial charge in [0.25, 0.3) is 0 Å². The Kier molecular flexibility index (Phi) is 8.51. The van der Waals surface area contributed by atoms with Crippen LogP contribution in [0.4, 0.5) is 10.1 Å². The van der Waals surface area contributed by atoms with Crippen molar-refractivity contribution in [3.63, 3.8) is 0 Å². The fourth-order valence-corrected chi connectivity index (χ4v) is 4.47. The predicted octanol–water partition coefficient (Wildman–Crippen LogP) is 2.21. The van der Waals surface area contributed by atoms with E-state index in [0.717, 1.165) is 24.9 Å². The molecule has 1 unspecified atom stereocenters. The molecule has 1 aromatic carbocycles. The minimum absolute atomic E-state index is 0.263. The van der Waals surface area contributed by atoms with Gasteiger partial charge in [-0.25, -0.2) is 12.8 Å². The molecule has 0 spiro atoms. The number of unbranched alkanes of at least 4 members (excludes halogenated alkanes) is 3. The Balaban J connectivity index is 1.88. The van der Waals surface area contributed by atoms with Crippen LogP contribution in [0.15, 0.2) is 24.3 Å². The van der Waals surface area contributed by atoms with Gasteiger partial charge in [-0.05, 0) is 30.7 Å². The van der Waals surface area contributed by atoms with Crippen molar-refractivity contribution < 1.29 is 18.0 Å². The van der Waals surface area contributed by atoms with Gasteiger partial charge >= 0.3 is 0 Å². The van der Waals surface area contributed by atoms with E-state index in [0.29, 0.717) is 32.6 Å². The second-order valence-electron chi connectivity index (χ2n) is 6.60. The molecule has 1 saturated heterocycles. The summed E-state index contributed by atoms with van der Waals surface area (Å²) in [4.78, 5) is 2.03. The average Bonchev–Trinajstić information content (AvgIpc) is 2.67. The molecule has 0 saturated carbocycles. The van der Waals surface area contributed by atoms with Gasteiger partial charge in [-0.15, -0.1) is 5.92 Å². The Morgan fingerprint density at radius 1 is 1.19 bits per heavy atom. The van der Waals surface area contributed by atoms with Crippen LogP contribution in [0, 0.1) is 17.7 Å². The van der Waals surface area contributed by atoms with Gasteiger partial charge in [0.1, 0.15) is 11.9 Å². The molecule has 0 aromatic heterocycles. The van der Waals surface area contributed by atoms with Crippen LogP contribution in [0.25, 0.3) is 0 Å². The lowest BCUT2D eigenvalue weighted by molar-refractivity contribution is 0.153. The van der Waals surface area contributed by atoms with Gasteiger partial charge in [-0.3, -0.25) is 0 Å². The number of anilines is 1. The van der Waals surface area contributed by atoms with Crippen LogP contribution in [0.5, 0.6) is 0 Å². The first-order chi connectivity index (χ1) is 13.0. The van der Waals surface area contributed by atoms with Crippen molar-refractivity contribution in [3.05, 3.63) is 30.1 Å². The minimum atomic E-state index is -3.53. The lowest BCUT2D eigenvalue weighted by atomic mass is 10.2. The summed E-state index contributed by atoms with van der Waals surface area (Å²) in [5.41, 5.74) is 2.88. The largest absolute Gasteiger partial charge is 0.369 e. The van der Waals surface area contributed by atoms with Crippen LogP contribution in [-0.4, -0.2) is 55.9 Å². The molecule has 6 nitrogen and oxygen atoms in total. The molecule has 1 aliphatic heterocycles. The summed E-state index contributed by atoms with van der Waals surface area (Å²) in [7, 11) is -3.53. The van der Waals surface area contributed by atoms with Crippen molar-refractivity contribution in [3.8, 4) is 11.8 Å². The third-order valence-electron chi connectivity index (χ3n) is 4.54. The molecular weight excluding hydrogens is 369 g/mol. The maximum absolute atomic E-state index is 13.0. The standard InChI is InChI=1S/C19H28FN3O3S/c1-2-3-4-5-6-7-18(21-24)16-27(25,26)23-14-12-22(13-15-23)19-10-8-17(20)9-11-19/h8-11,18,21,24H,2-5,12-16H2,1H3. The normalized spacial score (nSPS) is 16.6. The van der Waals surface area contributed by atoms with Crippen molar-refractivity contribution in [2.24, 2.45) is 0 Å². The monoisotopic (exact) mass is 397 g/mol. The fourth-order valence-electron chi connectivity index (χ4n) is 2.96. The molecular formula is C19H28FN3O3S. The van der Waals surface area contributed by atoms with Crippen LogP contribution in [0.3, 0.4) is 0 Å². The van der Waals surface area contributed by atoms with E-state index >= 15 is 0 Å². The summed E-state index contributed by atoms with van der Waals surface area (Å²) in [5.74, 6) is 5.18. The molecule has 1 aliphatic rings. The number of nitrogens with one attached hydrogen (secondary N) is 1. The SMILES string of the molecule is CCCCCC#CC(CS(=O)(=O)N1CCN(c2ccc(F)cc2)CC1)NO. The first-order valence-electron chi connectivity index (χ1n) is 9.32. The van der Waals surface area contributed by atoms with E-state index in [1.165, 1.54) is 16.4 Å². The van der Waals surface area contributed by atoms with Crippen LogP contribution >= 0.6 is 0 Å². The zero-order chi connectivity index (χ0) is 19.7. The Bertz CT molecular complexity index is 736. The lowest BCUT2D eigenvalue weighted by Crippen LogP contribution is -2.51. The second kappa shape index (κ2) is 10.6. The van der Waals surface area contributed by atoms with E-state index < -0.39 is 16.1 Å². The molecule has 1 heterocycles. The Morgan fingerprint density at radius 2 is 1.85 bits per heavy atom. The van der Waals surface area contributed by atoms with Gasteiger partial charge in [0.05, 0.1) is 5.75 Å². The first kappa shape index (κ1) is 21.6. The predicted molar refractivity (Wildman–Crippen MR) is 105 cm³/mol. The number of benzene rings is 1. The highest BCUT2D eigenvalue weighted by Crippen LogP contribution is 2.18. The fraction of sp³-hybridized carbons (Fsp3) is 0.579. The molecule has 0 bridgehead atoms. The molecule has 27 heavy (non-hydrogen) atoms. The summed E-state index contributed by atoms with van der Waals surface area (Å²) in [6, 6.07) is 5.38. The molecule has 1 aromatic rings. The third kappa shape index (κ3) is 6.78. The maximum atomic E-state index is 13.0. The Labute approximate surface area is 161 Å². The van der Waals surface area contributed by atoms with Crippen LogP contribution in [-0.2, 0) is 10.0 Å². The summed E-state index contributed by atoms with van der Waals surface area (Å²) < 4.78 is 39.7. The first-order valence-corrected chi connectivity index (χ1v) is 10.9. The maximum Gasteiger partial charge on any atom is 0.216 e. The highest BCUT2D eigenvalue weighted by Gasteiger charge is 2.29. The average molecular weight is 398 g/mol. The van der Waals surface area contributed by atoms with Gasteiger partial charge in [-0.2, -0.15) is 9.79 Å². The Hall–Kier alpha value is -1.66. The molecule has 0 amide bonds. The number of hydrogen-bond acceptors (Lipinski definition) is 5. The van der Waals surface area contributed by atoms with E-state index in [9.17, 15) is 18.0 Å². The number of rotatable bonds is 8. The van der Waals surface area contributed by atoms with Crippen molar-refractivity contribution in [2.45, 2.75) is 38.6 Å². The zero-order valence-electron chi connectivity index (χ0n) is 15.7. The molecule has 2 rings (SSSR count). The third-order valence-corrected chi connectivity index (χ3v) is 6.45. The van der Waals surface area contributed by atoms with E-state index in [1.54, 1.807) is 12.1 Å². The van der Waals surface area contributed by atoms with E-state index in [-0.39, 0.29) is 11.6 Å². The Morgan fingerprint density at radius 3 is 2.44 bits per heavy atom. The number of sulfonamides is 1. The number of nitrogens with zero attached hydrogens (tertiary/aromatic N) is 2. The molecule has 0 radical (unpaired) electrons. The summed E-state index contributed by atoms with van der Waals surface area (Å²) in [5, 5.41) is 9.23. The topological polar surface area (TPSA) is 72.9 Å². The molecule has 1 fully saturated rings. The van der Waals surface area contributed by atoms with E-state index in [2.05, 4.69) is 18.8 Å². The quantitative estimate of drug-likeness (QED) is 0.400. The minimum Gasteiger partial charge on any atom is -0.369 e. The molecule has 8 heteroatoms. The second-order valence-corrected chi connectivity index (χ2v) is 8.61. The highest BCUT2D eigenvalue weighted by atomic mass is 32.2. The number of hydroxylamine groups is 1. The van der Waals surface area contributed by atoms with Gasteiger partial charge in [0.15, 0.2) is 0 Å². The van der Waals surface area contributed by atoms with E-state index in [4.69, 9.17) is 0 Å².